The molecule has 1 heterocycles. The van der Waals surface area contributed by atoms with Crippen molar-refractivity contribution in [2.24, 2.45) is 0 Å². The normalized spacial score (nSPS) is 13.3. The number of phenolic OH excluding ortho intramolecular Hbond substituents is 1. The van der Waals surface area contributed by atoms with E-state index in [-0.39, 0.29) is 11.7 Å². The van der Waals surface area contributed by atoms with Crippen molar-refractivity contribution in [3.63, 3.8) is 0 Å². The second kappa shape index (κ2) is 5.75. The molecule has 0 saturated carbocycles. The van der Waals surface area contributed by atoms with Gasteiger partial charge < -0.3 is 19.9 Å². The Bertz CT molecular complexity index is 652. The van der Waals surface area contributed by atoms with Crippen LogP contribution in [0.15, 0.2) is 42.5 Å². The first kappa shape index (κ1) is 13.3. The van der Waals surface area contributed by atoms with Crippen LogP contribution in [-0.2, 0) is 0 Å². The minimum Gasteiger partial charge on any atom is -0.508 e. The predicted octanol–water partition coefficient (Wildman–Crippen LogP) is 2.81. The average molecular weight is 285 g/mol. The smallest absolute Gasteiger partial charge is 0.255 e. The van der Waals surface area contributed by atoms with Crippen LogP contribution in [0.4, 0.5) is 5.69 Å². The van der Waals surface area contributed by atoms with Crippen molar-refractivity contribution in [2.75, 3.05) is 18.5 Å². The van der Waals surface area contributed by atoms with E-state index in [2.05, 4.69) is 5.32 Å². The summed E-state index contributed by atoms with van der Waals surface area (Å²) in [6.45, 7) is 1.23. The molecular weight excluding hydrogens is 270 g/mol. The van der Waals surface area contributed by atoms with Crippen LogP contribution in [0.3, 0.4) is 0 Å². The Kier molecular flexibility index (Phi) is 3.64. The molecule has 2 aromatic rings. The minimum atomic E-state index is -0.246. The van der Waals surface area contributed by atoms with E-state index in [4.69, 9.17) is 9.47 Å². The summed E-state index contributed by atoms with van der Waals surface area (Å²) < 4.78 is 11.1. The fourth-order valence-electron chi connectivity index (χ4n) is 2.06. The van der Waals surface area contributed by atoms with Gasteiger partial charge in [0, 0.05) is 23.7 Å². The molecule has 5 nitrogen and oxygen atoms in total. The highest BCUT2D eigenvalue weighted by molar-refractivity contribution is 6.04. The molecular formula is C16H15NO4. The van der Waals surface area contributed by atoms with Crippen LogP contribution in [0.5, 0.6) is 17.2 Å². The number of hydrogen-bond acceptors (Lipinski definition) is 4. The van der Waals surface area contributed by atoms with Gasteiger partial charge in [-0.1, -0.05) is 0 Å². The summed E-state index contributed by atoms with van der Waals surface area (Å²) in [6.07, 6.45) is 0.837. The lowest BCUT2D eigenvalue weighted by Gasteiger charge is -2.10. The molecule has 21 heavy (non-hydrogen) atoms. The molecule has 108 valence electrons. The molecule has 1 aliphatic rings. The standard InChI is InChI=1S/C16H15NO4/c18-13-5-2-11(3-6-13)16(19)17-12-4-7-14-15(10-12)21-9-1-8-20-14/h2-7,10,18H,1,8-9H2,(H,17,19). The maximum Gasteiger partial charge on any atom is 0.255 e. The van der Waals surface area contributed by atoms with E-state index in [0.29, 0.717) is 36.0 Å². The first-order valence-electron chi connectivity index (χ1n) is 6.72. The first-order chi connectivity index (χ1) is 10.2. The third-order valence-electron chi connectivity index (χ3n) is 3.13. The summed E-state index contributed by atoms with van der Waals surface area (Å²) in [5.41, 5.74) is 1.11. The number of carbonyl (C=O) groups excluding carboxylic acids is 1. The molecule has 0 unspecified atom stereocenters. The fraction of sp³-hybridized carbons (Fsp3) is 0.188. The van der Waals surface area contributed by atoms with Gasteiger partial charge in [-0.25, -0.2) is 0 Å². The van der Waals surface area contributed by atoms with Gasteiger partial charge in [0.15, 0.2) is 11.5 Å². The van der Waals surface area contributed by atoms with Crippen molar-refractivity contribution in [3.8, 4) is 17.2 Å². The van der Waals surface area contributed by atoms with Gasteiger partial charge >= 0.3 is 0 Å². The number of benzene rings is 2. The van der Waals surface area contributed by atoms with Gasteiger partial charge in [0.25, 0.3) is 5.91 Å². The number of ether oxygens (including phenoxy) is 2. The Balaban J connectivity index is 1.77. The Labute approximate surface area is 122 Å². The topological polar surface area (TPSA) is 67.8 Å². The number of aromatic hydroxyl groups is 1. The van der Waals surface area contributed by atoms with Crippen LogP contribution in [-0.4, -0.2) is 24.2 Å². The quantitative estimate of drug-likeness (QED) is 0.890. The summed E-state index contributed by atoms with van der Waals surface area (Å²) in [6, 6.07) is 11.4. The zero-order valence-electron chi connectivity index (χ0n) is 11.3. The molecule has 0 aromatic heterocycles. The zero-order valence-corrected chi connectivity index (χ0v) is 11.3. The minimum absolute atomic E-state index is 0.127. The zero-order chi connectivity index (χ0) is 14.7. The molecule has 0 bridgehead atoms. The second-order valence-electron chi connectivity index (χ2n) is 4.71. The Morgan fingerprint density at radius 3 is 2.48 bits per heavy atom. The molecule has 0 atom stereocenters. The van der Waals surface area contributed by atoms with Crippen LogP contribution < -0.4 is 14.8 Å². The number of amides is 1. The van der Waals surface area contributed by atoms with Crippen LogP contribution in [0.1, 0.15) is 16.8 Å². The molecule has 0 spiro atoms. The summed E-state index contributed by atoms with van der Waals surface area (Å²) in [5, 5.41) is 12.0. The van der Waals surface area contributed by atoms with Gasteiger partial charge in [-0.2, -0.15) is 0 Å². The van der Waals surface area contributed by atoms with Gasteiger partial charge in [-0.05, 0) is 36.4 Å². The van der Waals surface area contributed by atoms with Crippen LogP contribution >= 0.6 is 0 Å². The molecule has 0 aliphatic carbocycles. The SMILES string of the molecule is O=C(Nc1ccc2c(c1)OCCCO2)c1ccc(O)cc1. The van der Waals surface area contributed by atoms with Gasteiger partial charge in [0.2, 0.25) is 0 Å². The van der Waals surface area contributed by atoms with Gasteiger partial charge in [0.05, 0.1) is 13.2 Å². The van der Waals surface area contributed by atoms with E-state index in [1.165, 1.54) is 12.1 Å². The largest absolute Gasteiger partial charge is 0.508 e. The number of anilines is 1. The summed E-state index contributed by atoms with van der Waals surface area (Å²) >= 11 is 0. The molecule has 2 aromatic carbocycles. The average Bonchev–Trinajstić information content (AvgIpc) is 2.72. The van der Waals surface area contributed by atoms with Crippen molar-refractivity contribution in [3.05, 3.63) is 48.0 Å². The monoisotopic (exact) mass is 285 g/mol. The number of nitrogens with one attached hydrogen (secondary N) is 1. The van der Waals surface area contributed by atoms with Crippen molar-refractivity contribution >= 4 is 11.6 Å². The van der Waals surface area contributed by atoms with Crippen molar-refractivity contribution in [1.82, 2.24) is 0 Å². The Morgan fingerprint density at radius 1 is 1.00 bits per heavy atom. The maximum absolute atomic E-state index is 12.1. The molecule has 0 fully saturated rings. The van der Waals surface area contributed by atoms with Crippen LogP contribution in [0.2, 0.25) is 0 Å². The number of rotatable bonds is 2. The lowest BCUT2D eigenvalue weighted by molar-refractivity contribution is 0.102. The summed E-state index contributed by atoms with van der Waals surface area (Å²) in [4.78, 5) is 12.1. The number of carbonyl (C=O) groups is 1. The Hall–Kier alpha value is -2.69. The van der Waals surface area contributed by atoms with E-state index in [1.807, 2.05) is 0 Å². The molecule has 0 saturated heterocycles. The van der Waals surface area contributed by atoms with Gasteiger partial charge in [-0.3, -0.25) is 4.79 Å². The number of fused-ring (bicyclic) bond motifs is 1. The fourth-order valence-corrected chi connectivity index (χ4v) is 2.06. The van der Waals surface area contributed by atoms with Crippen molar-refractivity contribution in [1.29, 1.82) is 0 Å². The number of hydrogen-bond donors (Lipinski definition) is 2. The van der Waals surface area contributed by atoms with Gasteiger partial charge in [-0.15, -0.1) is 0 Å². The highest BCUT2D eigenvalue weighted by Crippen LogP contribution is 2.32. The lowest BCUT2D eigenvalue weighted by Crippen LogP contribution is -2.11. The molecule has 3 rings (SSSR count). The third-order valence-corrected chi connectivity index (χ3v) is 3.13. The number of phenols is 1. The van der Waals surface area contributed by atoms with E-state index < -0.39 is 0 Å². The highest BCUT2D eigenvalue weighted by atomic mass is 16.5. The highest BCUT2D eigenvalue weighted by Gasteiger charge is 2.12. The first-order valence-corrected chi connectivity index (χ1v) is 6.72. The predicted molar refractivity (Wildman–Crippen MR) is 78.1 cm³/mol. The van der Waals surface area contributed by atoms with E-state index >= 15 is 0 Å². The molecule has 0 radical (unpaired) electrons. The van der Waals surface area contributed by atoms with E-state index in [1.54, 1.807) is 30.3 Å². The van der Waals surface area contributed by atoms with E-state index in [9.17, 15) is 9.90 Å². The molecule has 1 aliphatic heterocycles. The molecule has 2 N–H and O–H groups in total. The van der Waals surface area contributed by atoms with Crippen LogP contribution in [0, 0.1) is 0 Å². The summed E-state index contributed by atoms with van der Waals surface area (Å²) in [5.74, 6) is 1.21. The maximum atomic E-state index is 12.1. The molecule has 5 heteroatoms. The van der Waals surface area contributed by atoms with Gasteiger partial charge in [0.1, 0.15) is 5.75 Å². The van der Waals surface area contributed by atoms with Crippen LogP contribution in [0.25, 0.3) is 0 Å². The third kappa shape index (κ3) is 3.08. The summed E-state index contributed by atoms with van der Waals surface area (Å²) in [7, 11) is 0. The van der Waals surface area contributed by atoms with E-state index in [0.717, 1.165) is 6.42 Å². The second-order valence-corrected chi connectivity index (χ2v) is 4.71. The molecule has 1 amide bonds. The van der Waals surface area contributed by atoms with Crippen molar-refractivity contribution < 1.29 is 19.4 Å². The Morgan fingerprint density at radius 2 is 1.71 bits per heavy atom. The van der Waals surface area contributed by atoms with Crippen molar-refractivity contribution in [2.45, 2.75) is 6.42 Å². The lowest BCUT2D eigenvalue weighted by atomic mass is 10.2.